The Balaban J connectivity index is 4.36. The SMILES string of the molecule is C=C(C)C(=O)O[C@H](CC)[SiH2]O[Si](C)(C)C(C)O[SiH2]O[Si](C)(C)C. The largest absolute Gasteiger partial charge is 0.461 e. The lowest BCUT2D eigenvalue weighted by atomic mass is 10.4. The molecular formula is C14H34O5Si4. The second kappa shape index (κ2) is 10.1. The van der Waals surface area contributed by atoms with E-state index in [2.05, 4.69) is 46.2 Å². The van der Waals surface area contributed by atoms with Gasteiger partial charge in [0.05, 0.1) is 5.73 Å². The Morgan fingerprint density at radius 2 is 1.74 bits per heavy atom. The first-order valence-corrected chi connectivity index (χ1v) is 17.1. The summed E-state index contributed by atoms with van der Waals surface area (Å²) in [5.74, 6) is -0.326. The van der Waals surface area contributed by atoms with Gasteiger partial charge >= 0.3 is 5.97 Å². The molecule has 0 heterocycles. The van der Waals surface area contributed by atoms with E-state index in [9.17, 15) is 4.79 Å². The number of rotatable bonds is 11. The van der Waals surface area contributed by atoms with Gasteiger partial charge in [-0.3, -0.25) is 0 Å². The summed E-state index contributed by atoms with van der Waals surface area (Å²) in [6, 6.07) is 0. The summed E-state index contributed by atoms with van der Waals surface area (Å²) in [6.45, 7) is 20.2. The number of ether oxygens (including phenoxy) is 1. The third-order valence-electron chi connectivity index (χ3n) is 3.51. The molecular weight excluding hydrogens is 360 g/mol. The summed E-state index contributed by atoms with van der Waals surface area (Å²) in [7, 11) is -5.39. The molecule has 0 rings (SSSR count). The lowest BCUT2D eigenvalue weighted by Crippen LogP contribution is -2.48. The first kappa shape index (κ1) is 23.0. The molecule has 0 aromatic rings. The van der Waals surface area contributed by atoms with Crippen LogP contribution in [-0.4, -0.2) is 53.8 Å². The normalized spacial score (nSPS) is 16.2. The second-order valence-corrected chi connectivity index (χ2v) is 19.7. The Morgan fingerprint density at radius 3 is 2.17 bits per heavy atom. The molecule has 0 aromatic heterocycles. The average molecular weight is 395 g/mol. The van der Waals surface area contributed by atoms with Gasteiger partial charge in [-0.05, 0) is 53.0 Å². The molecule has 2 atom stereocenters. The van der Waals surface area contributed by atoms with Gasteiger partial charge in [-0.1, -0.05) is 13.5 Å². The van der Waals surface area contributed by atoms with Gasteiger partial charge in [-0.25, -0.2) is 4.79 Å². The van der Waals surface area contributed by atoms with E-state index in [0.717, 1.165) is 6.42 Å². The Kier molecular flexibility index (Phi) is 10.0. The first-order valence-electron chi connectivity index (χ1n) is 8.15. The van der Waals surface area contributed by atoms with Gasteiger partial charge in [0.1, 0.15) is 5.73 Å². The molecule has 0 radical (unpaired) electrons. The predicted molar refractivity (Wildman–Crippen MR) is 106 cm³/mol. The van der Waals surface area contributed by atoms with Crippen molar-refractivity contribution in [3.63, 3.8) is 0 Å². The molecule has 0 N–H and O–H groups in total. The molecule has 23 heavy (non-hydrogen) atoms. The lowest BCUT2D eigenvalue weighted by molar-refractivity contribution is -0.141. The van der Waals surface area contributed by atoms with Gasteiger partial charge in [0.25, 0.3) is 10.0 Å². The van der Waals surface area contributed by atoms with Crippen LogP contribution < -0.4 is 0 Å². The quantitative estimate of drug-likeness (QED) is 0.304. The highest BCUT2D eigenvalue weighted by atomic mass is 28.4. The fourth-order valence-electron chi connectivity index (χ4n) is 1.43. The molecule has 0 bridgehead atoms. The maximum Gasteiger partial charge on any atom is 0.333 e. The summed E-state index contributed by atoms with van der Waals surface area (Å²) in [5, 5.41) is 0. The van der Waals surface area contributed by atoms with E-state index in [-0.39, 0.29) is 17.4 Å². The van der Waals surface area contributed by atoms with Crippen molar-refractivity contribution >= 4 is 42.4 Å². The van der Waals surface area contributed by atoms with Crippen molar-refractivity contribution in [3.05, 3.63) is 12.2 Å². The minimum absolute atomic E-state index is 0.0902. The molecule has 0 aliphatic rings. The highest BCUT2D eigenvalue weighted by molar-refractivity contribution is 6.77. The molecule has 0 saturated heterocycles. The molecule has 9 heteroatoms. The molecule has 0 aliphatic heterocycles. The lowest BCUT2D eigenvalue weighted by Gasteiger charge is -2.32. The number of hydrogen-bond acceptors (Lipinski definition) is 5. The molecule has 136 valence electrons. The van der Waals surface area contributed by atoms with Crippen molar-refractivity contribution in [1.82, 2.24) is 0 Å². The van der Waals surface area contributed by atoms with Crippen molar-refractivity contribution < 1.29 is 22.2 Å². The highest BCUT2D eigenvalue weighted by Crippen LogP contribution is 2.15. The Bertz CT molecular complexity index is 395. The van der Waals surface area contributed by atoms with E-state index in [1.165, 1.54) is 0 Å². The zero-order valence-electron chi connectivity index (χ0n) is 16.0. The number of carbonyl (C=O) groups is 1. The molecule has 0 fully saturated rings. The van der Waals surface area contributed by atoms with Crippen LogP contribution in [0, 0.1) is 0 Å². The van der Waals surface area contributed by atoms with Gasteiger partial charge in [-0.15, -0.1) is 0 Å². The van der Waals surface area contributed by atoms with Crippen LogP contribution in [0.25, 0.3) is 0 Å². The maximum atomic E-state index is 11.6. The Labute approximate surface area is 148 Å². The van der Waals surface area contributed by atoms with Crippen LogP contribution in [0.1, 0.15) is 27.2 Å². The Morgan fingerprint density at radius 1 is 1.17 bits per heavy atom. The summed E-state index contributed by atoms with van der Waals surface area (Å²) in [4.78, 5) is 11.6. The van der Waals surface area contributed by atoms with Crippen LogP contribution >= 0.6 is 0 Å². The van der Waals surface area contributed by atoms with E-state index < -0.39 is 36.4 Å². The summed E-state index contributed by atoms with van der Waals surface area (Å²) in [6.07, 6.45) is 0.776. The molecule has 1 unspecified atom stereocenters. The van der Waals surface area contributed by atoms with Crippen LogP contribution in [-0.2, 0) is 22.2 Å². The molecule has 0 aromatic carbocycles. The van der Waals surface area contributed by atoms with E-state index >= 15 is 0 Å². The van der Waals surface area contributed by atoms with Gasteiger partial charge in [0.2, 0.25) is 8.32 Å². The van der Waals surface area contributed by atoms with Crippen molar-refractivity contribution in [3.8, 4) is 0 Å². The van der Waals surface area contributed by atoms with E-state index in [0.29, 0.717) is 5.57 Å². The third kappa shape index (κ3) is 10.4. The van der Waals surface area contributed by atoms with Crippen LogP contribution in [0.4, 0.5) is 0 Å². The highest BCUT2D eigenvalue weighted by Gasteiger charge is 2.32. The number of esters is 1. The molecule has 0 spiro atoms. The zero-order chi connectivity index (χ0) is 18.3. The summed E-state index contributed by atoms with van der Waals surface area (Å²) in [5.41, 5.74) is 0.418. The fraction of sp³-hybridized carbons (Fsp3) is 0.786. The smallest absolute Gasteiger partial charge is 0.333 e. The van der Waals surface area contributed by atoms with Gasteiger partial charge in [0, 0.05) is 5.57 Å². The van der Waals surface area contributed by atoms with Gasteiger partial charge < -0.3 is 17.4 Å². The van der Waals surface area contributed by atoms with Gasteiger partial charge in [-0.2, -0.15) is 0 Å². The maximum absolute atomic E-state index is 11.6. The molecule has 0 saturated carbocycles. The first-order chi connectivity index (χ1) is 10.4. The van der Waals surface area contributed by atoms with E-state index in [4.69, 9.17) is 17.4 Å². The topological polar surface area (TPSA) is 54.0 Å². The molecule has 5 nitrogen and oxygen atoms in total. The van der Waals surface area contributed by atoms with E-state index in [1.54, 1.807) is 6.92 Å². The number of carbonyl (C=O) groups excluding carboxylic acids is 1. The summed E-state index contributed by atoms with van der Waals surface area (Å²) < 4.78 is 23.5. The van der Waals surface area contributed by atoms with Crippen molar-refractivity contribution in [2.45, 2.75) is 71.4 Å². The Hall–Kier alpha value is -0.0425. The van der Waals surface area contributed by atoms with Crippen LogP contribution in [0.5, 0.6) is 0 Å². The van der Waals surface area contributed by atoms with Crippen LogP contribution in [0.3, 0.4) is 0 Å². The van der Waals surface area contributed by atoms with Crippen molar-refractivity contribution in [2.75, 3.05) is 0 Å². The molecule has 0 amide bonds. The predicted octanol–water partition coefficient (Wildman–Crippen LogP) is 1.94. The van der Waals surface area contributed by atoms with Crippen LogP contribution in [0.15, 0.2) is 12.2 Å². The minimum atomic E-state index is -1.96. The minimum Gasteiger partial charge on any atom is -0.461 e. The number of hydrogen-bond donors (Lipinski definition) is 0. The average Bonchev–Trinajstić information content (AvgIpc) is 2.41. The van der Waals surface area contributed by atoms with E-state index in [1.807, 2.05) is 6.92 Å². The monoisotopic (exact) mass is 394 g/mol. The van der Waals surface area contributed by atoms with Crippen LogP contribution in [0.2, 0.25) is 32.7 Å². The zero-order valence-corrected chi connectivity index (χ0v) is 20.9. The third-order valence-corrected chi connectivity index (χ3v) is 15.3. The van der Waals surface area contributed by atoms with Gasteiger partial charge in [0.15, 0.2) is 18.1 Å². The fourth-order valence-corrected chi connectivity index (χ4v) is 8.98. The molecule has 0 aliphatic carbocycles. The summed E-state index contributed by atoms with van der Waals surface area (Å²) >= 11 is 0. The van der Waals surface area contributed by atoms with Crippen molar-refractivity contribution in [1.29, 1.82) is 0 Å². The van der Waals surface area contributed by atoms with Crippen molar-refractivity contribution in [2.24, 2.45) is 0 Å². The second-order valence-electron chi connectivity index (χ2n) is 7.31. The standard InChI is InChI=1S/C14H34O5Si4/c1-10-13(16-14(15)11(2)3)20-18-23(8,9)12(4)17-21-19-22(5,6)7/h12-13H,2,10,20-21H2,1,3-9H3/t12?,13-/m0/s1.